The second-order valence-corrected chi connectivity index (χ2v) is 4.92. The minimum absolute atomic E-state index is 0.203. The Kier molecular flexibility index (Phi) is 5.69. The van der Waals surface area contributed by atoms with Gasteiger partial charge >= 0.3 is 0 Å². The van der Waals surface area contributed by atoms with Crippen molar-refractivity contribution in [1.29, 1.82) is 0 Å². The van der Waals surface area contributed by atoms with Gasteiger partial charge in [-0.25, -0.2) is 4.39 Å². The van der Waals surface area contributed by atoms with E-state index in [9.17, 15) is 4.39 Å². The van der Waals surface area contributed by atoms with Gasteiger partial charge in [0.1, 0.15) is 5.82 Å². The summed E-state index contributed by atoms with van der Waals surface area (Å²) in [5.74, 6) is 0.428. The Morgan fingerprint density at radius 3 is 2.76 bits per heavy atom. The molecule has 1 rings (SSSR count). The van der Waals surface area contributed by atoms with E-state index < -0.39 is 0 Å². The van der Waals surface area contributed by atoms with E-state index in [0.29, 0.717) is 5.92 Å². The smallest absolute Gasteiger partial charge is 0.123 e. The van der Waals surface area contributed by atoms with Crippen molar-refractivity contribution in [1.82, 2.24) is 0 Å². The SMILES string of the molecule is CCC(C)CN(C)c1ccc(F)cc1/C=C/Br. The van der Waals surface area contributed by atoms with Crippen LogP contribution in [0.15, 0.2) is 23.2 Å². The van der Waals surface area contributed by atoms with E-state index in [1.54, 1.807) is 11.1 Å². The van der Waals surface area contributed by atoms with E-state index in [1.807, 2.05) is 19.2 Å². The first-order chi connectivity index (χ1) is 8.08. The van der Waals surface area contributed by atoms with Gasteiger partial charge in [0.2, 0.25) is 0 Å². The van der Waals surface area contributed by atoms with Crippen molar-refractivity contribution in [3.63, 3.8) is 0 Å². The topological polar surface area (TPSA) is 3.24 Å². The van der Waals surface area contributed by atoms with Crippen molar-refractivity contribution in [3.05, 3.63) is 34.6 Å². The van der Waals surface area contributed by atoms with Gasteiger partial charge < -0.3 is 4.90 Å². The minimum atomic E-state index is -0.203. The van der Waals surface area contributed by atoms with Gasteiger partial charge in [0.05, 0.1) is 0 Å². The van der Waals surface area contributed by atoms with Crippen molar-refractivity contribution >= 4 is 27.7 Å². The fourth-order valence-corrected chi connectivity index (χ4v) is 2.05. The molecule has 1 nitrogen and oxygen atoms in total. The molecule has 0 radical (unpaired) electrons. The second kappa shape index (κ2) is 6.80. The number of benzene rings is 1. The molecule has 0 aliphatic carbocycles. The van der Waals surface area contributed by atoms with Crippen LogP contribution in [-0.4, -0.2) is 13.6 Å². The van der Waals surface area contributed by atoms with Crippen LogP contribution in [0.2, 0.25) is 0 Å². The molecule has 0 saturated carbocycles. The lowest BCUT2D eigenvalue weighted by molar-refractivity contribution is 0.559. The van der Waals surface area contributed by atoms with Crippen LogP contribution in [0.4, 0.5) is 10.1 Å². The van der Waals surface area contributed by atoms with E-state index in [4.69, 9.17) is 0 Å². The zero-order chi connectivity index (χ0) is 12.8. The summed E-state index contributed by atoms with van der Waals surface area (Å²) in [6.45, 7) is 5.38. The molecular formula is C14H19BrFN. The Labute approximate surface area is 111 Å². The third-order valence-corrected chi connectivity index (χ3v) is 3.19. The van der Waals surface area contributed by atoms with Crippen LogP contribution in [0.1, 0.15) is 25.8 Å². The molecule has 0 aromatic heterocycles. The number of rotatable bonds is 5. The lowest BCUT2D eigenvalue weighted by atomic mass is 10.1. The number of hydrogen-bond acceptors (Lipinski definition) is 1. The Morgan fingerprint density at radius 2 is 2.18 bits per heavy atom. The summed E-state index contributed by atoms with van der Waals surface area (Å²) in [7, 11) is 2.05. The van der Waals surface area contributed by atoms with Crippen molar-refractivity contribution in [2.75, 3.05) is 18.5 Å². The van der Waals surface area contributed by atoms with Gasteiger partial charge in [0, 0.05) is 24.8 Å². The van der Waals surface area contributed by atoms with Crippen LogP contribution in [0, 0.1) is 11.7 Å². The van der Waals surface area contributed by atoms with Gasteiger partial charge in [-0.3, -0.25) is 0 Å². The summed E-state index contributed by atoms with van der Waals surface area (Å²) in [5, 5.41) is 0. The maximum Gasteiger partial charge on any atom is 0.123 e. The molecule has 0 N–H and O–H groups in total. The van der Waals surface area contributed by atoms with Gasteiger partial charge in [-0.2, -0.15) is 0 Å². The standard InChI is InChI=1S/C14H19BrFN/c1-4-11(2)10-17(3)14-6-5-13(16)9-12(14)7-8-15/h5-9,11H,4,10H2,1-3H3/b8-7+. The fraction of sp³-hybridized carbons (Fsp3) is 0.429. The molecule has 94 valence electrons. The largest absolute Gasteiger partial charge is 0.374 e. The van der Waals surface area contributed by atoms with Crippen molar-refractivity contribution < 1.29 is 4.39 Å². The van der Waals surface area contributed by atoms with Gasteiger partial charge in [-0.05, 0) is 35.2 Å². The number of nitrogens with zero attached hydrogens (tertiary/aromatic N) is 1. The predicted molar refractivity (Wildman–Crippen MR) is 77.1 cm³/mol. The van der Waals surface area contributed by atoms with Crippen molar-refractivity contribution in [2.24, 2.45) is 5.92 Å². The molecule has 1 unspecified atom stereocenters. The molecule has 0 saturated heterocycles. The molecule has 17 heavy (non-hydrogen) atoms. The second-order valence-electron chi connectivity index (χ2n) is 4.39. The average Bonchev–Trinajstić information content (AvgIpc) is 2.29. The summed E-state index contributed by atoms with van der Waals surface area (Å²) in [6.07, 6.45) is 3.01. The van der Waals surface area contributed by atoms with E-state index in [2.05, 4.69) is 34.7 Å². The molecule has 0 amide bonds. The number of halogens is 2. The highest BCUT2D eigenvalue weighted by molar-refractivity contribution is 9.11. The van der Waals surface area contributed by atoms with E-state index in [0.717, 1.165) is 24.2 Å². The monoisotopic (exact) mass is 299 g/mol. The molecular weight excluding hydrogens is 281 g/mol. The van der Waals surface area contributed by atoms with Crippen LogP contribution < -0.4 is 4.90 Å². The quantitative estimate of drug-likeness (QED) is 0.763. The first-order valence-corrected chi connectivity index (χ1v) is 6.77. The van der Waals surface area contributed by atoms with Crippen LogP contribution in [0.25, 0.3) is 6.08 Å². The molecule has 1 aromatic carbocycles. The molecule has 0 aliphatic rings. The normalized spacial score (nSPS) is 13.0. The third-order valence-electron chi connectivity index (χ3n) is 2.93. The Bertz CT molecular complexity index is 390. The summed E-state index contributed by atoms with van der Waals surface area (Å²) in [6, 6.07) is 4.90. The highest BCUT2D eigenvalue weighted by Gasteiger charge is 2.09. The molecule has 1 atom stereocenters. The van der Waals surface area contributed by atoms with E-state index in [1.165, 1.54) is 6.07 Å². The summed E-state index contributed by atoms with van der Waals surface area (Å²) >= 11 is 3.24. The Morgan fingerprint density at radius 1 is 1.47 bits per heavy atom. The van der Waals surface area contributed by atoms with Crippen LogP contribution in [-0.2, 0) is 0 Å². The first kappa shape index (κ1) is 14.2. The maximum absolute atomic E-state index is 13.2. The van der Waals surface area contributed by atoms with Gasteiger partial charge in [0.15, 0.2) is 0 Å². The highest BCUT2D eigenvalue weighted by atomic mass is 79.9. The van der Waals surface area contributed by atoms with Crippen molar-refractivity contribution in [3.8, 4) is 0 Å². The molecule has 0 bridgehead atoms. The van der Waals surface area contributed by atoms with Crippen molar-refractivity contribution in [2.45, 2.75) is 20.3 Å². The maximum atomic E-state index is 13.2. The van der Waals surface area contributed by atoms with E-state index in [-0.39, 0.29) is 5.82 Å². The zero-order valence-corrected chi connectivity index (χ0v) is 12.2. The highest BCUT2D eigenvalue weighted by Crippen LogP contribution is 2.23. The molecule has 0 fully saturated rings. The molecule has 0 aliphatic heterocycles. The Balaban J connectivity index is 2.95. The number of anilines is 1. The van der Waals surface area contributed by atoms with Gasteiger partial charge in [-0.15, -0.1) is 0 Å². The van der Waals surface area contributed by atoms with E-state index >= 15 is 0 Å². The first-order valence-electron chi connectivity index (χ1n) is 5.86. The Hall–Kier alpha value is -0.830. The summed E-state index contributed by atoms with van der Waals surface area (Å²) < 4.78 is 13.2. The summed E-state index contributed by atoms with van der Waals surface area (Å²) in [5.41, 5.74) is 1.95. The molecule has 0 spiro atoms. The minimum Gasteiger partial charge on any atom is -0.374 e. The van der Waals surface area contributed by atoms with Gasteiger partial charge in [-0.1, -0.05) is 36.2 Å². The molecule has 0 heterocycles. The van der Waals surface area contributed by atoms with Crippen LogP contribution in [0.5, 0.6) is 0 Å². The fourth-order valence-electron chi connectivity index (χ4n) is 1.77. The zero-order valence-electron chi connectivity index (χ0n) is 10.6. The van der Waals surface area contributed by atoms with Crippen LogP contribution in [0.3, 0.4) is 0 Å². The van der Waals surface area contributed by atoms with Crippen LogP contribution >= 0.6 is 15.9 Å². The lowest BCUT2D eigenvalue weighted by Gasteiger charge is -2.24. The third kappa shape index (κ3) is 4.15. The number of hydrogen-bond donors (Lipinski definition) is 0. The molecule has 1 aromatic rings. The average molecular weight is 300 g/mol. The summed E-state index contributed by atoms with van der Waals surface area (Å²) in [4.78, 5) is 3.93. The molecule has 3 heteroatoms. The van der Waals surface area contributed by atoms with Gasteiger partial charge in [0.25, 0.3) is 0 Å². The predicted octanol–water partition coefficient (Wildman–Crippen LogP) is 4.67. The lowest BCUT2D eigenvalue weighted by Crippen LogP contribution is -2.24.